The van der Waals surface area contributed by atoms with Crippen LogP contribution in [0.15, 0.2) is 23.6 Å². The smallest absolute Gasteiger partial charge is 0.240 e. The van der Waals surface area contributed by atoms with Crippen molar-refractivity contribution in [2.75, 3.05) is 0 Å². The number of hydrogen-bond acceptors (Lipinski definition) is 5. The molecule has 1 fully saturated rings. The Morgan fingerprint density at radius 3 is 2.29 bits per heavy atom. The van der Waals surface area contributed by atoms with Crippen LogP contribution in [0.1, 0.15) is 12.8 Å². The Balaban J connectivity index is 2.11. The van der Waals surface area contributed by atoms with Gasteiger partial charge in [0.25, 0.3) is 0 Å². The van der Waals surface area contributed by atoms with E-state index in [0.717, 1.165) is 16.3 Å². The number of hydrogen-bond donors (Lipinski definition) is 0. The van der Waals surface area contributed by atoms with Crippen LogP contribution in [0.3, 0.4) is 0 Å². The van der Waals surface area contributed by atoms with Crippen LogP contribution in [0.2, 0.25) is 0 Å². The van der Waals surface area contributed by atoms with E-state index in [4.69, 9.17) is 0 Å². The summed E-state index contributed by atoms with van der Waals surface area (Å²) in [5.41, 5.74) is 0. The maximum absolute atomic E-state index is 11.2. The van der Waals surface area contributed by atoms with E-state index in [1.807, 2.05) is 0 Å². The van der Waals surface area contributed by atoms with E-state index < -0.39 is 0 Å². The molecule has 14 heavy (non-hydrogen) atoms. The molecule has 0 radical (unpaired) electrons. The number of rotatable bonds is 2. The molecular formula is C8H7N3O2S. The van der Waals surface area contributed by atoms with Crippen LogP contribution in [0, 0.1) is 0 Å². The Morgan fingerprint density at radius 1 is 1.14 bits per heavy atom. The number of aromatic nitrogens is 2. The predicted molar refractivity (Wildman–Crippen MR) is 49.0 cm³/mol. The van der Waals surface area contributed by atoms with Crippen molar-refractivity contribution in [3.63, 3.8) is 0 Å². The Labute approximate surface area is 84.7 Å². The van der Waals surface area contributed by atoms with Crippen molar-refractivity contribution in [2.24, 2.45) is 0 Å². The van der Waals surface area contributed by atoms with Crippen molar-refractivity contribution < 1.29 is 9.59 Å². The first kappa shape index (κ1) is 9.14. The molecule has 5 nitrogen and oxygen atoms in total. The topological polar surface area (TPSA) is 63.2 Å². The molecule has 1 saturated heterocycles. The molecule has 1 aliphatic heterocycles. The van der Waals surface area contributed by atoms with Crippen LogP contribution < -0.4 is 0 Å². The zero-order valence-corrected chi connectivity index (χ0v) is 8.03. The first-order chi connectivity index (χ1) is 6.77. The minimum absolute atomic E-state index is 0.174. The molecule has 0 aliphatic carbocycles. The van der Waals surface area contributed by atoms with E-state index in [-0.39, 0.29) is 11.8 Å². The van der Waals surface area contributed by atoms with Crippen molar-refractivity contribution in [2.45, 2.75) is 18.0 Å². The van der Waals surface area contributed by atoms with Crippen molar-refractivity contribution in [3.8, 4) is 0 Å². The van der Waals surface area contributed by atoms with Gasteiger partial charge in [0.05, 0.1) is 0 Å². The Bertz CT molecular complexity index is 352. The van der Waals surface area contributed by atoms with E-state index in [9.17, 15) is 9.59 Å². The van der Waals surface area contributed by atoms with Gasteiger partial charge in [0, 0.05) is 37.2 Å². The van der Waals surface area contributed by atoms with Crippen molar-refractivity contribution in [3.05, 3.63) is 18.5 Å². The molecule has 0 bridgehead atoms. The summed E-state index contributed by atoms with van der Waals surface area (Å²) in [6.45, 7) is 0. The first-order valence-electron chi connectivity index (χ1n) is 4.08. The standard InChI is InChI=1S/C8H7N3O2S/c12-6-2-3-7(13)11(6)14-8-9-4-1-5-10-8/h1,4-5H,2-3H2. The van der Waals surface area contributed by atoms with E-state index in [2.05, 4.69) is 9.97 Å². The van der Waals surface area contributed by atoms with Gasteiger partial charge in [-0.15, -0.1) is 0 Å². The quantitative estimate of drug-likeness (QED) is 0.406. The summed E-state index contributed by atoms with van der Waals surface area (Å²) in [6.07, 6.45) is 3.72. The van der Waals surface area contributed by atoms with E-state index in [1.165, 1.54) is 0 Å². The van der Waals surface area contributed by atoms with Crippen LogP contribution in [-0.2, 0) is 9.59 Å². The van der Waals surface area contributed by atoms with Gasteiger partial charge in [0.15, 0.2) is 0 Å². The average Bonchev–Trinajstić information content (AvgIpc) is 2.51. The zero-order valence-electron chi connectivity index (χ0n) is 7.21. The third kappa shape index (κ3) is 1.74. The van der Waals surface area contributed by atoms with Gasteiger partial charge in [-0.3, -0.25) is 9.59 Å². The van der Waals surface area contributed by atoms with Crippen molar-refractivity contribution in [1.82, 2.24) is 14.3 Å². The minimum atomic E-state index is -0.174. The second-order valence-electron chi connectivity index (χ2n) is 2.70. The molecule has 1 aromatic rings. The summed E-state index contributed by atoms with van der Waals surface area (Å²) in [5.74, 6) is -0.347. The molecule has 2 rings (SSSR count). The normalized spacial score (nSPS) is 16.4. The minimum Gasteiger partial charge on any atom is -0.273 e. The maximum Gasteiger partial charge on any atom is 0.240 e. The third-order valence-corrected chi connectivity index (χ3v) is 2.68. The molecule has 1 aromatic heterocycles. The molecule has 72 valence electrons. The molecule has 6 heteroatoms. The van der Waals surface area contributed by atoms with Gasteiger partial charge < -0.3 is 0 Å². The molecule has 0 atom stereocenters. The zero-order chi connectivity index (χ0) is 9.97. The summed E-state index contributed by atoms with van der Waals surface area (Å²) in [6, 6.07) is 1.68. The van der Waals surface area contributed by atoms with Crippen molar-refractivity contribution >= 4 is 23.8 Å². The first-order valence-corrected chi connectivity index (χ1v) is 4.85. The van der Waals surface area contributed by atoms with Crippen molar-refractivity contribution in [1.29, 1.82) is 0 Å². The second kappa shape index (κ2) is 3.75. The number of carbonyl (C=O) groups is 2. The van der Waals surface area contributed by atoms with Gasteiger partial charge in [-0.2, -0.15) is 0 Å². The summed E-state index contributed by atoms with van der Waals surface area (Å²) in [7, 11) is 0. The lowest BCUT2D eigenvalue weighted by molar-refractivity contribution is -0.131. The van der Waals surface area contributed by atoms with Gasteiger partial charge in [0.2, 0.25) is 17.0 Å². The Kier molecular flexibility index (Phi) is 2.45. The van der Waals surface area contributed by atoms with Crippen LogP contribution in [0.5, 0.6) is 0 Å². The summed E-state index contributed by atoms with van der Waals surface area (Å²) in [4.78, 5) is 30.3. The Hall–Kier alpha value is -1.43. The molecule has 1 aliphatic rings. The van der Waals surface area contributed by atoms with Gasteiger partial charge in [-0.1, -0.05) is 0 Å². The number of carbonyl (C=O) groups excluding carboxylic acids is 2. The van der Waals surface area contributed by atoms with Gasteiger partial charge in [-0.25, -0.2) is 14.3 Å². The summed E-state index contributed by atoms with van der Waals surface area (Å²) in [5, 5.41) is 0.413. The van der Waals surface area contributed by atoms with Gasteiger partial charge in [0.1, 0.15) is 0 Å². The summed E-state index contributed by atoms with van der Waals surface area (Å²) >= 11 is 0.979. The SMILES string of the molecule is O=C1CCC(=O)N1Sc1ncccn1. The predicted octanol–water partition coefficient (Wildman–Crippen LogP) is 0.633. The highest BCUT2D eigenvalue weighted by Gasteiger charge is 2.30. The lowest BCUT2D eigenvalue weighted by Gasteiger charge is -2.09. The number of amides is 2. The largest absolute Gasteiger partial charge is 0.273 e. The lowest BCUT2D eigenvalue weighted by Crippen LogP contribution is -2.21. The fraction of sp³-hybridized carbons (Fsp3) is 0.250. The fourth-order valence-electron chi connectivity index (χ4n) is 1.07. The fourth-order valence-corrected chi connectivity index (χ4v) is 1.84. The Morgan fingerprint density at radius 2 is 1.71 bits per heavy atom. The van der Waals surface area contributed by atoms with E-state index in [1.54, 1.807) is 18.5 Å². The molecule has 2 heterocycles. The average molecular weight is 209 g/mol. The lowest BCUT2D eigenvalue weighted by atomic mass is 10.4. The monoisotopic (exact) mass is 209 g/mol. The highest BCUT2D eigenvalue weighted by molar-refractivity contribution is 7.97. The molecule has 0 aromatic carbocycles. The molecule has 0 saturated carbocycles. The number of nitrogens with zero attached hydrogens (tertiary/aromatic N) is 3. The van der Waals surface area contributed by atoms with Crippen LogP contribution in [0.4, 0.5) is 0 Å². The molecule has 2 amide bonds. The van der Waals surface area contributed by atoms with Crippen LogP contribution in [-0.4, -0.2) is 26.1 Å². The second-order valence-corrected chi connectivity index (χ2v) is 3.62. The molecule has 0 N–H and O–H groups in total. The maximum atomic E-state index is 11.2. The molecule has 0 unspecified atom stereocenters. The highest BCUT2D eigenvalue weighted by atomic mass is 32.2. The molecular weight excluding hydrogens is 202 g/mol. The third-order valence-electron chi connectivity index (χ3n) is 1.72. The van der Waals surface area contributed by atoms with E-state index in [0.29, 0.717) is 18.0 Å². The highest BCUT2D eigenvalue weighted by Crippen LogP contribution is 2.25. The molecule has 0 spiro atoms. The van der Waals surface area contributed by atoms with Crippen LogP contribution >= 0.6 is 11.9 Å². The summed E-state index contributed by atoms with van der Waals surface area (Å²) < 4.78 is 1.12. The van der Waals surface area contributed by atoms with Gasteiger partial charge >= 0.3 is 0 Å². The van der Waals surface area contributed by atoms with Crippen LogP contribution in [0.25, 0.3) is 0 Å². The number of imide groups is 1. The van der Waals surface area contributed by atoms with Gasteiger partial charge in [-0.05, 0) is 6.07 Å². The van der Waals surface area contributed by atoms with E-state index >= 15 is 0 Å².